The molecular weight excluding hydrogens is 611 g/mol. The smallest absolute Gasteiger partial charge is 0.280 e. The van der Waals surface area contributed by atoms with E-state index < -0.39 is 21.7 Å². The van der Waals surface area contributed by atoms with Gasteiger partial charge in [-0.15, -0.1) is 0 Å². The molecule has 1 amide bonds. The summed E-state index contributed by atoms with van der Waals surface area (Å²) in [5, 5.41) is 5.72. The molecule has 1 saturated heterocycles. The number of thiazole rings is 1. The minimum atomic E-state index is -3.81. The molecule has 3 aromatic carbocycles. The van der Waals surface area contributed by atoms with Gasteiger partial charge in [0, 0.05) is 24.2 Å². The van der Waals surface area contributed by atoms with Gasteiger partial charge in [0.15, 0.2) is 11.5 Å². The first kappa shape index (κ1) is 31.3. The van der Waals surface area contributed by atoms with Crippen molar-refractivity contribution in [2.75, 3.05) is 39.4 Å². The van der Waals surface area contributed by atoms with Crippen molar-refractivity contribution >= 4 is 48.8 Å². The number of halogens is 1. The van der Waals surface area contributed by atoms with Gasteiger partial charge in [0.2, 0.25) is 20.9 Å². The molecule has 0 aliphatic carbocycles. The van der Waals surface area contributed by atoms with Crippen LogP contribution < -0.4 is 19.2 Å². The zero-order valence-electron chi connectivity index (χ0n) is 24.7. The summed E-state index contributed by atoms with van der Waals surface area (Å²) >= 11 is 1.08. The lowest BCUT2D eigenvalue weighted by Crippen LogP contribution is -2.48. The van der Waals surface area contributed by atoms with E-state index in [-0.39, 0.29) is 40.9 Å². The standard InChI is InChI=1S/C30H31FN4O7S2/c1-18-16-34(17-19(2)42-18)44(37,38)23-9-6-21(7-10-23)29(36)35(30-33-24-11-8-22(31)14-27(24)43-30)32-15-20-12-25(39-3)28(41-5)26(13-20)40-4/h6-15,18-19H,16-17H2,1-5H3/b32-15+. The van der Waals surface area contributed by atoms with E-state index in [0.29, 0.717) is 33.0 Å². The minimum Gasteiger partial charge on any atom is -0.493 e. The molecule has 0 bridgehead atoms. The van der Waals surface area contributed by atoms with Crippen LogP contribution in [-0.2, 0) is 14.8 Å². The first-order valence-electron chi connectivity index (χ1n) is 13.5. The predicted molar refractivity (Wildman–Crippen MR) is 165 cm³/mol. The van der Waals surface area contributed by atoms with Crippen molar-refractivity contribution in [1.29, 1.82) is 0 Å². The fraction of sp³-hybridized carbons (Fsp3) is 0.300. The van der Waals surface area contributed by atoms with E-state index >= 15 is 0 Å². The lowest BCUT2D eigenvalue weighted by atomic mass is 10.2. The Morgan fingerprint density at radius 1 is 1.02 bits per heavy atom. The number of nitrogens with zero attached hydrogens (tertiary/aromatic N) is 4. The average Bonchev–Trinajstić information content (AvgIpc) is 3.42. The molecule has 5 rings (SSSR count). The van der Waals surface area contributed by atoms with Crippen LogP contribution in [0.15, 0.2) is 64.6 Å². The Labute approximate surface area is 258 Å². The molecule has 14 heteroatoms. The van der Waals surface area contributed by atoms with Crippen molar-refractivity contribution in [3.63, 3.8) is 0 Å². The third-order valence-electron chi connectivity index (χ3n) is 6.85. The molecule has 0 saturated carbocycles. The number of ether oxygens (including phenoxy) is 4. The predicted octanol–water partition coefficient (Wildman–Crippen LogP) is 4.94. The van der Waals surface area contributed by atoms with Gasteiger partial charge in [-0.3, -0.25) is 4.79 Å². The lowest BCUT2D eigenvalue weighted by Gasteiger charge is -2.34. The Morgan fingerprint density at radius 3 is 2.25 bits per heavy atom. The Bertz CT molecular complexity index is 1780. The molecule has 232 valence electrons. The third kappa shape index (κ3) is 6.38. The van der Waals surface area contributed by atoms with Crippen LogP contribution in [0, 0.1) is 5.82 Å². The monoisotopic (exact) mass is 642 g/mol. The Morgan fingerprint density at radius 2 is 1.66 bits per heavy atom. The van der Waals surface area contributed by atoms with Gasteiger partial charge in [0.25, 0.3) is 5.91 Å². The van der Waals surface area contributed by atoms with Crippen molar-refractivity contribution in [2.24, 2.45) is 5.10 Å². The number of hydrogen-bond donors (Lipinski definition) is 0. The number of aromatic nitrogens is 1. The molecule has 1 aromatic heterocycles. The fourth-order valence-corrected chi connectivity index (χ4v) is 7.37. The number of hydrogen-bond acceptors (Lipinski definition) is 10. The number of amides is 1. The van der Waals surface area contributed by atoms with Gasteiger partial charge in [-0.05, 0) is 68.4 Å². The second-order valence-corrected chi connectivity index (χ2v) is 13.0. The average molecular weight is 643 g/mol. The molecule has 0 N–H and O–H groups in total. The van der Waals surface area contributed by atoms with Gasteiger partial charge in [-0.2, -0.15) is 14.4 Å². The van der Waals surface area contributed by atoms with Crippen molar-refractivity contribution in [3.05, 3.63) is 71.5 Å². The van der Waals surface area contributed by atoms with Crippen LogP contribution in [0.5, 0.6) is 17.2 Å². The van der Waals surface area contributed by atoms with Gasteiger partial charge in [0.1, 0.15) is 5.82 Å². The van der Waals surface area contributed by atoms with Gasteiger partial charge in [0.05, 0.1) is 54.9 Å². The van der Waals surface area contributed by atoms with Gasteiger partial charge < -0.3 is 18.9 Å². The zero-order chi connectivity index (χ0) is 31.6. The molecule has 0 spiro atoms. The maximum atomic E-state index is 13.9. The largest absolute Gasteiger partial charge is 0.493 e. The molecule has 4 aromatic rings. The van der Waals surface area contributed by atoms with Gasteiger partial charge in [-0.25, -0.2) is 17.8 Å². The Balaban J connectivity index is 1.50. The molecular formula is C30H31FN4O7S2. The first-order valence-corrected chi connectivity index (χ1v) is 15.8. The highest BCUT2D eigenvalue weighted by atomic mass is 32.2. The molecule has 1 fully saturated rings. The quantitative estimate of drug-likeness (QED) is 0.186. The van der Waals surface area contributed by atoms with Crippen LogP contribution in [0.1, 0.15) is 29.8 Å². The molecule has 11 nitrogen and oxygen atoms in total. The van der Waals surface area contributed by atoms with Crippen molar-refractivity contribution in [3.8, 4) is 17.2 Å². The van der Waals surface area contributed by atoms with E-state index in [1.165, 1.54) is 74.3 Å². The van der Waals surface area contributed by atoms with Crippen LogP contribution in [-0.4, -0.2) is 76.5 Å². The topological polar surface area (TPSA) is 120 Å². The molecule has 1 aliphatic rings. The van der Waals surface area contributed by atoms with Crippen LogP contribution in [0.3, 0.4) is 0 Å². The lowest BCUT2D eigenvalue weighted by molar-refractivity contribution is -0.0440. The van der Waals surface area contributed by atoms with E-state index in [1.54, 1.807) is 12.1 Å². The van der Waals surface area contributed by atoms with Crippen LogP contribution >= 0.6 is 11.3 Å². The molecule has 0 radical (unpaired) electrons. The summed E-state index contributed by atoms with van der Waals surface area (Å²) in [6.45, 7) is 4.11. The van der Waals surface area contributed by atoms with Gasteiger partial charge in [-0.1, -0.05) is 11.3 Å². The summed E-state index contributed by atoms with van der Waals surface area (Å²) in [6, 6.07) is 13.1. The second-order valence-electron chi connectivity index (χ2n) is 10.0. The van der Waals surface area contributed by atoms with E-state index in [0.717, 1.165) is 16.3 Å². The number of fused-ring (bicyclic) bond motifs is 1. The minimum absolute atomic E-state index is 0.0540. The molecule has 1 aliphatic heterocycles. The van der Waals surface area contributed by atoms with Gasteiger partial charge >= 0.3 is 0 Å². The molecule has 2 atom stereocenters. The highest BCUT2D eigenvalue weighted by Gasteiger charge is 2.32. The molecule has 44 heavy (non-hydrogen) atoms. The number of anilines is 1. The molecule has 2 heterocycles. The van der Waals surface area contributed by atoms with Crippen LogP contribution in [0.2, 0.25) is 0 Å². The van der Waals surface area contributed by atoms with E-state index in [2.05, 4.69) is 10.1 Å². The number of morpholine rings is 1. The Kier molecular flexibility index (Phi) is 9.15. The maximum absolute atomic E-state index is 13.9. The van der Waals surface area contributed by atoms with E-state index in [4.69, 9.17) is 18.9 Å². The SMILES string of the molecule is COc1cc(/C=N/N(C(=O)c2ccc(S(=O)(=O)N3CC(C)OC(C)C3)cc2)c2nc3ccc(F)cc3s2)cc(OC)c1OC. The summed E-state index contributed by atoms with van der Waals surface area (Å²) in [4.78, 5) is 18.4. The summed E-state index contributed by atoms with van der Waals surface area (Å²) in [5.41, 5.74) is 1.18. The van der Waals surface area contributed by atoms with Crippen LogP contribution in [0.4, 0.5) is 9.52 Å². The van der Waals surface area contributed by atoms with Crippen molar-refractivity contribution in [2.45, 2.75) is 31.0 Å². The summed E-state index contributed by atoms with van der Waals surface area (Å²) in [7, 11) is 0.648. The maximum Gasteiger partial charge on any atom is 0.280 e. The Hall–Kier alpha value is -4.11. The summed E-state index contributed by atoms with van der Waals surface area (Å²) < 4.78 is 64.4. The number of sulfonamides is 1. The summed E-state index contributed by atoms with van der Waals surface area (Å²) in [6.07, 6.45) is 0.941. The van der Waals surface area contributed by atoms with Crippen molar-refractivity contribution in [1.82, 2.24) is 9.29 Å². The zero-order valence-corrected chi connectivity index (χ0v) is 26.3. The van der Waals surface area contributed by atoms with E-state index in [9.17, 15) is 17.6 Å². The van der Waals surface area contributed by atoms with Crippen LogP contribution in [0.25, 0.3) is 10.2 Å². The number of rotatable bonds is 9. The van der Waals surface area contributed by atoms with Crippen molar-refractivity contribution < 1.29 is 36.6 Å². The highest BCUT2D eigenvalue weighted by molar-refractivity contribution is 7.89. The third-order valence-corrected chi connectivity index (χ3v) is 9.69. The number of benzene rings is 3. The number of methoxy groups -OCH3 is 3. The molecule has 2 unspecified atom stereocenters. The fourth-order valence-electron chi connectivity index (χ4n) is 4.83. The number of hydrazone groups is 1. The van der Waals surface area contributed by atoms with E-state index in [1.807, 2.05) is 13.8 Å². The normalized spacial score (nSPS) is 17.6. The summed E-state index contributed by atoms with van der Waals surface area (Å²) in [5.74, 6) is 0.160. The second kappa shape index (κ2) is 12.9. The first-order chi connectivity index (χ1) is 21.0. The number of carbonyl (C=O) groups is 1. The highest BCUT2D eigenvalue weighted by Crippen LogP contribution is 2.38. The number of carbonyl (C=O) groups excluding carboxylic acids is 1.